The van der Waals surface area contributed by atoms with Crippen LogP contribution in [-0.2, 0) is 15.9 Å². The summed E-state index contributed by atoms with van der Waals surface area (Å²) < 4.78 is 24.1. The van der Waals surface area contributed by atoms with E-state index in [4.69, 9.17) is 9.47 Å². The maximum Gasteiger partial charge on any atom is 0.294 e. The molecule has 2 unspecified atom stereocenters. The summed E-state index contributed by atoms with van der Waals surface area (Å²) in [5.41, 5.74) is 2.09. The number of allylic oxidation sites excluding steroid dienone is 2. The summed E-state index contributed by atoms with van der Waals surface area (Å²) in [5, 5.41) is 9.77. The lowest BCUT2D eigenvalue weighted by atomic mass is 9.94. The molecule has 4 heteroatoms. The first-order valence-corrected chi connectivity index (χ1v) is 6.52. The van der Waals surface area contributed by atoms with Crippen LogP contribution < -0.4 is 0 Å². The Balaban J connectivity index is 2.11. The zero-order valence-corrected chi connectivity index (χ0v) is 11.7. The third-order valence-electron chi connectivity index (χ3n) is 3.42. The van der Waals surface area contributed by atoms with Crippen LogP contribution in [0, 0.1) is 0 Å². The molecular weight excluding hydrogens is 259 g/mol. The Kier molecular flexibility index (Phi) is 4.57. The normalized spacial score (nSPS) is 25.9. The van der Waals surface area contributed by atoms with E-state index < -0.39 is 12.0 Å². The summed E-state index contributed by atoms with van der Waals surface area (Å²) in [4.78, 5) is 0. The van der Waals surface area contributed by atoms with Gasteiger partial charge in [-0.3, -0.25) is 0 Å². The van der Waals surface area contributed by atoms with Gasteiger partial charge in [-0.25, -0.2) is 4.39 Å². The summed E-state index contributed by atoms with van der Waals surface area (Å²) in [5.74, 6) is -2.73. The predicted molar refractivity (Wildman–Crippen MR) is 74.8 cm³/mol. The molecule has 0 aromatic heterocycles. The van der Waals surface area contributed by atoms with Crippen molar-refractivity contribution in [2.24, 2.45) is 0 Å². The second-order valence-electron chi connectivity index (χ2n) is 4.77. The van der Waals surface area contributed by atoms with Gasteiger partial charge in [-0.15, -0.1) is 0 Å². The molecule has 0 saturated carbocycles. The predicted octanol–water partition coefficient (Wildman–Crippen LogP) is 2.76. The Morgan fingerprint density at radius 2 is 1.90 bits per heavy atom. The number of benzene rings is 1. The lowest BCUT2D eigenvalue weighted by Gasteiger charge is -2.30. The second kappa shape index (κ2) is 6.20. The third kappa shape index (κ3) is 3.08. The van der Waals surface area contributed by atoms with Crippen molar-refractivity contribution < 1.29 is 19.0 Å². The Hall–Kier alpha value is -1.65. The van der Waals surface area contributed by atoms with Crippen LogP contribution in [0.3, 0.4) is 0 Å². The monoisotopic (exact) mass is 278 g/mol. The average Bonchev–Trinajstić information content (AvgIpc) is 2.46. The molecule has 1 aliphatic carbocycles. The van der Waals surface area contributed by atoms with Crippen molar-refractivity contribution in [2.75, 3.05) is 14.2 Å². The highest BCUT2D eigenvalue weighted by Gasteiger charge is 2.44. The van der Waals surface area contributed by atoms with Gasteiger partial charge in [-0.1, -0.05) is 30.3 Å². The summed E-state index contributed by atoms with van der Waals surface area (Å²) in [6.07, 6.45) is 3.66. The molecule has 1 aliphatic rings. The topological polar surface area (TPSA) is 38.7 Å². The summed E-state index contributed by atoms with van der Waals surface area (Å²) in [6, 6.07) is 10.0. The maximum absolute atomic E-state index is 14.1. The number of aryl methyl sites for hydroxylation is 1. The molecular formula is C16H19FO3. The highest BCUT2D eigenvalue weighted by molar-refractivity contribution is 5.34. The third-order valence-corrected chi connectivity index (χ3v) is 3.42. The molecule has 2 rings (SSSR count). The molecule has 0 radical (unpaired) electrons. The highest BCUT2D eigenvalue weighted by atomic mass is 19.2. The minimum atomic E-state index is -2.61. The van der Waals surface area contributed by atoms with E-state index in [9.17, 15) is 9.50 Å². The quantitative estimate of drug-likeness (QED) is 0.900. The van der Waals surface area contributed by atoms with Gasteiger partial charge in [0.1, 0.15) is 6.10 Å². The van der Waals surface area contributed by atoms with Gasteiger partial charge in [0.2, 0.25) is 0 Å². The van der Waals surface area contributed by atoms with Crippen molar-refractivity contribution >= 4 is 0 Å². The van der Waals surface area contributed by atoms with E-state index in [-0.39, 0.29) is 5.76 Å². The van der Waals surface area contributed by atoms with Crippen LogP contribution in [0.25, 0.3) is 0 Å². The Morgan fingerprint density at radius 1 is 1.20 bits per heavy atom. The summed E-state index contributed by atoms with van der Waals surface area (Å²) in [6.45, 7) is 0. The molecule has 2 atom stereocenters. The fourth-order valence-corrected chi connectivity index (χ4v) is 2.28. The van der Waals surface area contributed by atoms with Gasteiger partial charge in [0.05, 0.1) is 7.11 Å². The molecule has 3 nitrogen and oxygen atoms in total. The molecule has 0 heterocycles. The van der Waals surface area contributed by atoms with E-state index in [1.807, 2.05) is 30.3 Å². The van der Waals surface area contributed by atoms with E-state index in [0.717, 1.165) is 18.4 Å². The van der Waals surface area contributed by atoms with Crippen LogP contribution in [0.15, 0.2) is 53.8 Å². The van der Waals surface area contributed by atoms with Gasteiger partial charge in [0.15, 0.2) is 5.76 Å². The maximum atomic E-state index is 14.1. The Morgan fingerprint density at radius 3 is 2.50 bits per heavy atom. The van der Waals surface area contributed by atoms with E-state index in [1.165, 1.54) is 19.8 Å². The van der Waals surface area contributed by atoms with Crippen LogP contribution in [0.1, 0.15) is 12.0 Å². The van der Waals surface area contributed by atoms with Gasteiger partial charge in [-0.2, -0.15) is 0 Å². The van der Waals surface area contributed by atoms with Crippen LogP contribution in [0.4, 0.5) is 4.39 Å². The summed E-state index contributed by atoms with van der Waals surface area (Å²) in [7, 11) is 2.70. The number of rotatable bonds is 5. The molecule has 20 heavy (non-hydrogen) atoms. The Labute approximate surface area is 118 Å². The fraction of sp³-hybridized carbons (Fsp3) is 0.375. The number of ether oxygens (including phenoxy) is 2. The number of halogens is 1. The molecule has 0 bridgehead atoms. The molecule has 0 spiro atoms. The van der Waals surface area contributed by atoms with Gasteiger partial charge in [0.25, 0.3) is 5.85 Å². The minimum Gasteiger partial charge on any atom is -0.495 e. The number of aliphatic hydroxyl groups is 1. The van der Waals surface area contributed by atoms with Gasteiger partial charge in [-0.05, 0) is 36.1 Å². The number of alkyl halides is 1. The lowest BCUT2D eigenvalue weighted by molar-refractivity contribution is -0.160. The van der Waals surface area contributed by atoms with Crippen molar-refractivity contribution in [2.45, 2.75) is 24.8 Å². The van der Waals surface area contributed by atoms with Crippen molar-refractivity contribution in [1.82, 2.24) is 0 Å². The average molecular weight is 278 g/mol. The van der Waals surface area contributed by atoms with Crippen LogP contribution in [0.2, 0.25) is 0 Å². The van der Waals surface area contributed by atoms with E-state index in [0.29, 0.717) is 0 Å². The lowest BCUT2D eigenvalue weighted by Crippen LogP contribution is -2.42. The summed E-state index contributed by atoms with van der Waals surface area (Å²) >= 11 is 0. The molecule has 1 aromatic carbocycles. The number of methoxy groups -OCH3 is 2. The molecule has 0 aliphatic heterocycles. The van der Waals surface area contributed by atoms with Gasteiger partial charge < -0.3 is 14.6 Å². The molecule has 0 fully saturated rings. The first-order chi connectivity index (χ1) is 9.57. The SMILES string of the molecule is COC1=CC(CCc2ccccc2)=CC(OC)C1(O)F. The van der Waals surface area contributed by atoms with Crippen LogP contribution >= 0.6 is 0 Å². The first-order valence-electron chi connectivity index (χ1n) is 6.52. The minimum absolute atomic E-state index is 0.116. The molecule has 1 aromatic rings. The van der Waals surface area contributed by atoms with Crippen molar-refractivity contribution in [3.05, 3.63) is 59.4 Å². The first kappa shape index (κ1) is 14.8. The van der Waals surface area contributed by atoms with E-state index in [2.05, 4.69) is 0 Å². The van der Waals surface area contributed by atoms with Crippen molar-refractivity contribution in [1.29, 1.82) is 0 Å². The van der Waals surface area contributed by atoms with Crippen molar-refractivity contribution in [3.63, 3.8) is 0 Å². The van der Waals surface area contributed by atoms with E-state index >= 15 is 0 Å². The van der Waals surface area contributed by atoms with Crippen LogP contribution in [-0.4, -0.2) is 31.3 Å². The van der Waals surface area contributed by atoms with Crippen LogP contribution in [0.5, 0.6) is 0 Å². The van der Waals surface area contributed by atoms with E-state index in [1.54, 1.807) is 12.2 Å². The largest absolute Gasteiger partial charge is 0.495 e. The zero-order chi connectivity index (χ0) is 14.6. The highest BCUT2D eigenvalue weighted by Crippen LogP contribution is 2.33. The zero-order valence-electron chi connectivity index (χ0n) is 11.7. The Bertz CT molecular complexity index is 506. The standard InChI is InChI=1S/C16H19FO3/c1-19-14-10-13(11-15(20-2)16(14,17)18)9-8-12-6-4-3-5-7-12/h3-7,10-11,14,18H,8-9H2,1-2H3. The smallest absolute Gasteiger partial charge is 0.294 e. The second-order valence-corrected chi connectivity index (χ2v) is 4.77. The van der Waals surface area contributed by atoms with Gasteiger partial charge >= 0.3 is 0 Å². The fourth-order valence-electron chi connectivity index (χ4n) is 2.28. The van der Waals surface area contributed by atoms with Gasteiger partial charge in [0, 0.05) is 7.11 Å². The molecule has 108 valence electrons. The van der Waals surface area contributed by atoms with Crippen molar-refractivity contribution in [3.8, 4) is 0 Å². The molecule has 1 N–H and O–H groups in total. The molecule has 0 amide bonds. The number of hydrogen-bond acceptors (Lipinski definition) is 3. The number of hydrogen-bond donors (Lipinski definition) is 1. The molecule has 0 saturated heterocycles.